The van der Waals surface area contributed by atoms with Gasteiger partial charge in [0.05, 0.1) is 4.90 Å². The van der Waals surface area contributed by atoms with E-state index in [1.807, 2.05) is 31.2 Å². The molecule has 116 valence electrons. The third-order valence-electron chi connectivity index (χ3n) is 3.48. The van der Waals surface area contributed by atoms with Gasteiger partial charge < -0.3 is 9.47 Å². The Kier molecular flexibility index (Phi) is 4.04. The summed E-state index contributed by atoms with van der Waals surface area (Å²) >= 11 is 0. The number of hydrogen-bond donors (Lipinski definition) is 1. The van der Waals surface area contributed by atoms with Crippen molar-refractivity contribution in [1.29, 1.82) is 0 Å². The molecule has 0 unspecified atom stereocenters. The van der Waals surface area contributed by atoms with Gasteiger partial charge in [-0.25, -0.2) is 13.1 Å². The number of sulfonamides is 1. The zero-order valence-electron chi connectivity index (χ0n) is 12.2. The number of nitrogens with one attached hydrogen (secondary N) is 1. The number of rotatable bonds is 5. The molecule has 0 spiro atoms. The predicted molar refractivity (Wildman–Crippen MR) is 82.6 cm³/mol. The van der Waals surface area contributed by atoms with Crippen LogP contribution in [-0.4, -0.2) is 21.8 Å². The lowest BCUT2D eigenvalue weighted by Gasteiger charge is -2.08. The summed E-state index contributed by atoms with van der Waals surface area (Å²) in [6.45, 7) is 2.49. The van der Waals surface area contributed by atoms with Gasteiger partial charge in [-0.2, -0.15) is 0 Å². The quantitative estimate of drug-likeness (QED) is 0.918. The molecule has 5 nitrogen and oxygen atoms in total. The molecule has 0 saturated heterocycles. The molecule has 2 aromatic rings. The zero-order chi connectivity index (χ0) is 15.6. The molecule has 6 heteroatoms. The summed E-state index contributed by atoms with van der Waals surface area (Å²) in [5.41, 5.74) is 2.28. The Hall–Kier alpha value is -2.05. The molecule has 22 heavy (non-hydrogen) atoms. The Morgan fingerprint density at radius 3 is 2.55 bits per heavy atom. The normalized spacial score (nSPS) is 13.3. The number of hydrogen-bond acceptors (Lipinski definition) is 4. The molecule has 0 radical (unpaired) electrons. The second-order valence-electron chi connectivity index (χ2n) is 5.15. The van der Waals surface area contributed by atoms with Gasteiger partial charge in [0.2, 0.25) is 16.8 Å². The van der Waals surface area contributed by atoms with Crippen LogP contribution in [0.1, 0.15) is 11.1 Å². The van der Waals surface area contributed by atoms with Gasteiger partial charge >= 0.3 is 0 Å². The largest absolute Gasteiger partial charge is 0.454 e. The lowest BCUT2D eigenvalue weighted by Crippen LogP contribution is -2.26. The molecule has 1 aliphatic heterocycles. The van der Waals surface area contributed by atoms with E-state index in [0.29, 0.717) is 24.5 Å². The van der Waals surface area contributed by atoms with Crippen LogP contribution in [0.3, 0.4) is 0 Å². The molecule has 0 saturated carbocycles. The van der Waals surface area contributed by atoms with Gasteiger partial charge in [0.15, 0.2) is 11.5 Å². The molecular formula is C16H17NO4S. The summed E-state index contributed by atoms with van der Waals surface area (Å²) in [7, 11) is -3.55. The van der Waals surface area contributed by atoms with Crippen LogP contribution in [0.5, 0.6) is 11.5 Å². The van der Waals surface area contributed by atoms with E-state index in [2.05, 4.69) is 4.72 Å². The van der Waals surface area contributed by atoms with Gasteiger partial charge in [0, 0.05) is 12.6 Å². The van der Waals surface area contributed by atoms with Crippen LogP contribution in [0.25, 0.3) is 0 Å². The minimum absolute atomic E-state index is 0.125. The maximum Gasteiger partial charge on any atom is 0.240 e. The van der Waals surface area contributed by atoms with Crippen molar-refractivity contribution in [2.24, 2.45) is 0 Å². The van der Waals surface area contributed by atoms with Crippen molar-refractivity contribution in [3.8, 4) is 11.5 Å². The maximum atomic E-state index is 12.3. The molecular weight excluding hydrogens is 302 g/mol. The first kappa shape index (κ1) is 14.9. The predicted octanol–water partition coefficient (Wildman–Crippen LogP) is 2.24. The van der Waals surface area contributed by atoms with E-state index in [9.17, 15) is 8.42 Å². The lowest BCUT2D eigenvalue weighted by molar-refractivity contribution is 0.174. The Balaban J connectivity index is 1.65. The number of ether oxygens (including phenoxy) is 2. The van der Waals surface area contributed by atoms with Gasteiger partial charge in [-0.15, -0.1) is 0 Å². The number of benzene rings is 2. The Labute approximate surface area is 129 Å². The van der Waals surface area contributed by atoms with Crippen molar-refractivity contribution >= 4 is 10.0 Å². The number of fused-ring (bicyclic) bond motifs is 1. The SMILES string of the molecule is Cc1ccc(CCNS(=O)(=O)c2ccc3c(c2)OCO3)cc1. The molecule has 1 heterocycles. The van der Waals surface area contributed by atoms with E-state index in [4.69, 9.17) is 9.47 Å². The average Bonchev–Trinajstić information content (AvgIpc) is 2.96. The van der Waals surface area contributed by atoms with Crippen LogP contribution in [-0.2, 0) is 16.4 Å². The molecule has 0 bridgehead atoms. The second kappa shape index (κ2) is 5.98. The first-order valence-electron chi connectivity index (χ1n) is 6.99. The van der Waals surface area contributed by atoms with Crippen molar-refractivity contribution in [3.05, 3.63) is 53.6 Å². The van der Waals surface area contributed by atoms with Crippen molar-refractivity contribution < 1.29 is 17.9 Å². The Morgan fingerprint density at radius 2 is 1.77 bits per heavy atom. The van der Waals surface area contributed by atoms with Crippen LogP contribution in [0.4, 0.5) is 0 Å². The molecule has 0 atom stereocenters. The minimum Gasteiger partial charge on any atom is -0.454 e. The second-order valence-corrected chi connectivity index (χ2v) is 6.92. The third kappa shape index (κ3) is 3.23. The molecule has 0 amide bonds. The molecule has 0 fully saturated rings. The van der Waals surface area contributed by atoms with Gasteiger partial charge in [0.1, 0.15) is 0 Å². The Bertz CT molecular complexity index is 769. The third-order valence-corrected chi connectivity index (χ3v) is 4.94. The molecule has 2 aromatic carbocycles. The minimum atomic E-state index is -3.55. The van der Waals surface area contributed by atoms with E-state index < -0.39 is 10.0 Å². The highest BCUT2D eigenvalue weighted by atomic mass is 32.2. The summed E-state index contributed by atoms with van der Waals surface area (Å²) in [5.74, 6) is 1.03. The summed E-state index contributed by atoms with van der Waals surface area (Å²) < 4.78 is 37.5. The van der Waals surface area contributed by atoms with Crippen molar-refractivity contribution in [2.75, 3.05) is 13.3 Å². The first-order valence-corrected chi connectivity index (χ1v) is 8.48. The lowest BCUT2D eigenvalue weighted by atomic mass is 10.1. The van der Waals surface area contributed by atoms with Crippen molar-refractivity contribution in [2.45, 2.75) is 18.2 Å². The highest BCUT2D eigenvalue weighted by molar-refractivity contribution is 7.89. The molecule has 0 aromatic heterocycles. The molecule has 1 aliphatic rings. The highest BCUT2D eigenvalue weighted by Gasteiger charge is 2.19. The summed E-state index contributed by atoms with van der Waals surface area (Å²) in [6.07, 6.45) is 0.643. The van der Waals surface area contributed by atoms with E-state index in [0.717, 1.165) is 5.56 Å². The molecule has 1 N–H and O–H groups in total. The number of aryl methyl sites for hydroxylation is 1. The van der Waals surface area contributed by atoms with Crippen LogP contribution < -0.4 is 14.2 Å². The van der Waals surface area contributed by atoms with Crippen LogP contribution >= 0.6 is 0 Å². The highest BCUT2D eigenvalue weighted by Crippen LogP contribution is 2.33. The maximum absolute atomic E-state index is 12.3. The van der Waals surface area contributed by atoms with Gasteiger partial charge in [-0.05, 0) is 31.0 Å². The monoisotopic (exact) mass is 319 g/mol. The van der Waals surface area contributed by atoms with Crippen molar-refractivity contribution in [1.82, 2.24) is 4.72 Å². The van der Waals surface area contributed by atoms with E-state index >= 15 is 0 Å². The smallest absolute Gasteiger partial charge is 0.240 e. The molecule has 3 rings (SSSR count). The van der Waals surface area contributed by atoms with Crippen molar-refractivity contribution in [3.63, 3.8) is 0 Å². The molecule has 0 aliphatic carbocycles. The fraction of sp³-hybridized carbons (Fsp3) is 0.250. The first-order chi connectivity index (χ1) is 10.5. The Morgan fingerprint density at radius 1 is 1.05 bits per heavy atom. The van der Waals surface area contributed by atoms with Crippen LogP contribution in [0, 0.1) is 6.92 Å². The van der Waals surface area contributed by atoms with Crippen LogP contribution in [0.2, 0.25) is 0 Å². The van der Waals surface area contributed by atoms with E-state index in [1.54, 1.807) is 6.07 Å². The van der Waals surface area contributed by atoms with E-state index in [-0.39, 0.29) is 11.7 Å². The summed E-state index contributed by atoms with van der Waals surface area (Å²) in [6, 6.07) is 12.6. The fourth-order valence-corrected chi connectivity index (χ4v) is 3.26. The van der Waals surface area contributed by atoms with Gasteiger partial charge in [-0.3, -0.25) is 0 Å². The van der Waals surface area contributed by atoms with E-state index in [1.165, 1.54) is 17.7 Å². The fourth-order valence-electron chi connectivity index (χ4n) is 2.21. The van der Waals surface area contributed by atoms with Gasteiger partial charge in [0.25, 0.3) is 0 Å². The standard InChI is InChI=1S/C16H17NO4S/c1-12-2-4-13(5-3-12)8-9-17-22(18,19)14-6-7-15-16(10-14)21-11-20-15/h2-7,10,17H,8-9,11H2,1H3. The van der Waals surface area contributed by atoms with Crippen LogP contribution in [0.15, 0.2) is 47.4 Å². The summed E-state index contributed by atoms with van der Waals surface area (Å²) in [4.78, 5) is 0.181. The zero-order valence-corrected chi connectivity index (χ0v) is 13.0. The van der Waals surface area contributed by atoms with Gasteiger partial charge in [-0.1, -0.05) is 29.8 Å². The topological polar surface area (TPSA) is 64.6 Å². The summed E-state index contributed by atoms with van der Waals surface area (Å²) in [5, 5.41) is 0. The average molecular weight is 319 g/mol.